The van der Waals surface area contributed by atoms with Crippen LogP contribution in [0.2, 0.25) is 0 Å². The van der Waals surface area contributed by atoms with Crippen LogP contribution < -0.4 is 11.1 Å². The average Bonchev–Trinajstić information content (AvgIpc) is 3.01. The van der Waals surface area contributed by atoms with Gasteiger partial charge in [-0.05, 0) is 18.2 Å². The number of ether oxygens (including phenoxy) is 1. The fourth-order valence-corrected chi connectivity index (χ4v) is 2.92. The highest BCUT2D eigenvalue weighted by Crippen LogP contribution is 2.27. The maximum atomic E-state index is 12.8. The van der Waals surface area contributed by atoms with Crippen molar-refractivity contribution in [1.29, 1.82) is 0 Å². The van der Waals surface area contributed by atoms with Gasteiger partial charge in [-0.1, -0.05) is 18.2 Å². The quantitative estimate of drug-likeness (QED) is 0.383. The van der Waals surface area contributed by atoms with Crippen molar-refractivity contribution in [3.8, 4) is 0 Å². The number of anilines is 1. The Balaban J connectivity index is 1.87. The Kier molecular flexibility index (Phi) is 5.12. The third-order valence-electron chi connectivity index (χ3n) is 4.30. The highest BCUT2D eigenvalue weighted by atomic mass is 16.5. The van der Waals surface area contributed by atoms with Gasteiger partial charge in [0, 0.05) is 31.6 Å². The Labute approximate surface area is 166 Å². The molecule has 1 amide bonds. The summed E-state index contributed by atoms with van der Waals surface area (Å²) in [7, 11) is 1.57. The number of fused-ring (bicyclic) bond motifs is 2. The second-order valence-electron chi connectivity index (χ2n) is 6.24. The topological polar surface area (TPSA) is 120 Å². The molecule has 29 heavy (non-hydrogen) atoms. The molecule has 3 N–H and O–H groups in total. The van der Waals surface area contributed by atoms with E-state index in [4.69, 9.17) is 10.5 Å². The molecular formula is C20H19N7O2. The molecule has 4 aromatic rings. The van der Waals surface area contributed by atoms with E-state index >= 15 is 0 Å². The molecule has 0 bridgehead atoms. The van der Waals surface area contributed by atoms with Crippen LogP contribution in [0.1, 0.15) is 15.9 Å². The van der Waals surface area contributed by atoms with Crippen LogP contribution in [0.5, 0.6) is 0 Å². The van der Waals surface area contributed by atoms with E-state index in [1.165, 1.54) is 4.68 Å². The van der Waals surface area contributed by atoms with Crippen molar-refractivity contribution in [2.75, 3.05) is 26.0 Å². The van der Waals surface area contributed by atoms with Crippen LogP contribution in [-0.2, 0) is 4.74 Å². The zero-order valence-corrected chi connectivity index (χ0v) is 15.7. The number of nitrogens with two attached hydrogens (primary N) is 1. The molecule has 0 unspecified atom stereocenters. The lowest BCUT2D eigenvalue weighted by molar-refractivity contribution is 0.0939. The molecule has 1 aromatic carbocycles. The predicted molar refractivity (Wildman–Crippen MR) is 111 cm³/mol. The molecule has 0 aliphatic rings. The summed E-state index contributed by atoms with van der Waals surface area (Å²) in [6.07, 6.45) is 4.95. The third kappa shape index (κ3) is 3.63. The number of amides is 1. The molecule has 4 rings (SSSR count). The standard InChI is InChI=1S/C20H19N7O2/c1-29-10-9-23-20(28)16-17-19(26-15-7-3-2-6-14(15)25-17)27(18(16)21)24-12-13-5-4-8-22-11-13/h2-8,11-12H,9-10,21H2,1H3,(H,23,28)/b24-12-. The van der Waals surface area contributed by atoms with Crippen molar-refractivity contribution >= 4 is 40.1 Å². The molecule has 0 saturated carbocycles. The molecule has 3 aromatic heterocycles. The van der Waals surface area contributed by atoms with Crippen molar-refractivity contribution < 1.29 is 9.53 Å². The second-order valence-corrected chi connectivity index (χ2v) is 6.24. The normalized spacial score (nSPS) is 11.5. The molecule has 3 heterocycles. The van der Waals surface area contributed by atoms with Gasteiger partial charge in [0.2, 0.25) is 0 Å². The van der Waals surface area contributed by atoms with Crippen LogP contribution in [0, 0.1) is 0 Å². The molecule has 146 valence electrons. The molecule has 0 spiro atoms. The zero-order valence-electron chi connectivity index (χ0n) is 15.7. The number of carbonyl (C=O) groups excluding carboxylic acids is 1. The molecule has 9 heteroatoms. The maximum absolute atomic E-state index is 12.8. The Morgan fingerprint density at radius 2 is 2.03 bits per heavy atom. The van der Waals surface area contributed by atoms with Gasteiger partial charge in [0.05, 0.1) is 23.9 Å². The Morgan fingerprint density at radius 1 is 1.24 bits per heavy atom. The van der Waals surface area contributed by atoms with Crippen LogP contribution >= 0.6 is 0 Å². The van der Waals surface area contributed by atoms with Gasteiger partial charge in [0.1, 0.15) is 16.9 Å². The fourth-order valence-electron chi connectivity index (χ4n) is 2.92. The van der Waals surface area contributed by atoms with E-state index in [-0.39, 0.29) is 17.3 Å². The Hall–Kier alpha value is -3.85. The highest BCUT2D eigenvalue weighted by Gasteiger charge is 2.23. The van der Waals surface area contributed by atoms with Crippen LogP contribution in [0.3, 0.4) is 0 Å². The number of nitrogen functional groups attached to an aromatic ring is 1. The van der Waals surface area contributed by atoms with E-state index in [1.54, 1.807) is 31.8 Å². The lowest BCUT2D eigenvalue weighted by Crippen LogP contribution is -2.27. The SMILES string of the molecule is COCCNC(=O)c1c(N)n(/N=C\c2cccnc2)c2nc3ccccc3nc12. The van der Waals surface area contributed by atoms with Gasteiger partial charge >= 0.3 is 0 Å². The monoisotopic (exact) mass is 389 g/mol. The zero-order chi connectivity index (χ0) is 20.2. The lowest BCUT2D eigenvalue weighted by Gasteiger charge is -2.04. The summed E-state index contributed by atoms with van der Waals surface area (Å²) in [4.78, 5) is 26.1. The van der Waals surface area contributed by atoms with Crippen molar-refractivity contribution in [3.05, 3.63) is 59.9 Å². The summed E-state index contributed by atoms with van der Waals surface area (Å²) in [5.74, 6) is -0.199. The smallest absolute Gasteiger partial charge is 0.257 e. The molecule has 0 aliphatic heterocycles. The van der Waals surface area contributed by atoms with Crippen molar-refractivity contribution in [1.82, 2.24) is 24.9 Å². The van der Waals surface area contributed by atoms with Crippen LogP contribution in [-0.4, -0.2) is 52.0 Å². The van der Waals surface area contributed by atoms with E-state index in [0.717, 1.165) is 5.56 Å². The summed E-state index contributed by atoms with van der Waals surface area (Å²) < 4.78 is 6.41. The lowest BCUT2D eigenvalue weighted by atomic mass is 10.2. The number of para-hydroxylation sites is 2. The van der Waals surface area contributed by atoms with E-state index in [1.807, 2.05) is 30.3 Å². The van der Waals surface area contributed by atoms with Gasteiger partial charge in [-0.15, -0.1) is 0 Å². The van der Waals surface area contributed by atoms with Crippen molar-refractivity contribution in [3.63, 3.8) is 0 Å². The minimum absolute atomic E-state index is 0.158. The maximum Gasteiger partial charge on any atom is 0.257 e. The summed E-state index contributed by atoms with van der Waals surface area (Å²) in [5, 5.41) is 7.21. The minimum Gasteiger partial charge on any atom is -0.383 e. The number of methoxy groups -OCH3 is 1. The van der Waals surface area contributed by atoms with Gasteiger partial charge in [-0.3, -0.25) is 9.78 Å². The van der Waals surface area contributed by atoms with E-state index in [0.29, 0.717) is 35.3 Å². The van der Waals surface area contributed by atoms with Crippen LogP contribution in [0.4, 0.5) is 5.82 Å². The number of aromatic nitrogens is 4. The summed E-state index contributed by atoms with van der Waals surface area (Å²) in [6, 6.07) is 11.1. The van der Waals surface area contributed by atoms with Crippen LogP contribution in [0.15, 0.2) is 53.9 Å². The van der Waals surface area contributed by atoms with E-state index in [2.05, 4.69) is 25.4 Å². The van der Waals surface area contributed by atoms with Crippen molar-refractivity contribution in [2.24, 2.45) is 5.10 Å². The molecule has 0 aliphatic carbocycles. The second kappa shape index (κ2) is 8.03. The molecule has 9 nitrogen and oxygen atoms in total. The number of carbonyl (C=O) groups is 1. The predicted octanol–water partition coefficient (Wildman–Crippen LogP) is 1.82. The van der Waals surface area contributed by atoms with E-state index < -0.39 is 0 Å². The molecule has 0 atom stereocenters. The first-order chi connectivity index (χ1) is 14.2. The number of nitrogens with one attached hydrogen (secondary N) is 1. The Bertz CT molecular complexity index is 1200. The molecule has 0 fully saturated rings. The number of nitrogens with zero attached hydrogens (tertiary/aromatic N) is 5. The number of benzene rings is 1. The van der Waals surface area contributed by atoms with Crippen LogP contribution in [0.25, 0.3) is 22.2 Å². The van der Waals surface area contributed by atoms with Gasteiger partial charge in [-0.2, -0.15) is 9.78 Å². The van der Waals surface area contributed by atoms with Gasteiger partial charge < -0.3 is 15.8 Å². The highest BCUT2D eigenvalue weighted by molar-refractivity contribution is 6.10. The van der Waals surface area contributed by atoms with Crippen molar-refractivity contribution in [2.45, 2.75) is 0 Å². The van der Waals surface area contributed by atoms with Gasteiger partial charge in [0.25, 0.3) is 5.91 Å². The molecule has 0 saturated heterocycles. The first kappa shape index (κ1) is 18.5. The summed E-state index contributed by atoms with van der Waals surface area (Å²) >= 11 is 0. The fraction of sp³-hybridized carbons (Fsp3) is 0.150. The molecular weight excluding hydrogens is 370 g/mol. The number of pyridine rings is 1. The summed E-state index contributed by atoms with van der Waals surface area (Å²) in [6.45, 7) is 0.736. The number of hydrogen-bond acceptors (Lipinski definition) is 7. The first-order valence-corrected chi connectivity index (χ1v) is 8.97. The van der Waals surface area contributed by atoms with Gasteiger partial charge in [0.15, 0.2) is 5.65 Å². The third-order valence-corrected chi connectivity index (χ3v) is 4.30. The summed E-state index contributed by atoms with van der Waals surface area (Å²) in [5.41, 5.74) is 9.47. The van der Waals surface area contributed by atoms with Gasteiger partial charge in [-0.25, -0.2) is 9.97 Å². The number of rotatable bonds is 6. The largest absolute Gasteiger partial charge is 0.383 e. The minimum atomic E-state index is -0.357. The Morgan fingerprint density at radius 3 is 2.76 bits per heavy atom. The average molecular weight is 389 g/mol. The first-order valence-electron chi connectivity index (χ1n) is 8.97. The molecule has 0 radical (unpaired) electrons. The number of hydrogen-bond donors (Lipinski definition) is 2. The van der Waals surface area contributed by atoms with E-state index in [9.17, 15) is 4.79 Å².